The molecule has 14 heteroatoms. The molecule has 312 valence electrons. The molecule has 14 nitrogen and oxygen atoms in total. The number of piperazine rings is 1. The van der Waals surface area contributed by atoms with Gasteiger partial charge in [0.25, 0.3) is 11.7 Å². The minimum atomic E-state index is -2.04. The zero-order valence-electron chi connectivity index (χ0n) is 34.7. The van der Waals surface area contributed by atoms with Crippen molar-refractivity contribution in [2.75, 3.05) is 39.8 Å². The molecule has 5 N–H and O–H groups in total. The Hall–Kier alpha value is -4.34. The van der Waals surface area contributed by atoms with Crippen LogP contribution < -0.4 is 10.1 Å². The predicted octanol–water partition coefficient (Wildman–Crippen LogP) is 3.66. The van der Waals surface area contributed by atoms with Gasteiger partial charge in [-0.2, -0.15) is 0 Å². The lowest BCUT2D eigenvalue weighted by molar-refractivity contribution is -0.116. The summed E-state index contributed by atoms with van der Waals surface area (Å²) in [6, 6.07) is 0. The molecule has 1 aliphatic carbocycles. The Morgan fingerprint density at radius 2 is 1.49 bits per heavy atom. The smallest absolute Gasteiger partial charge is 0.312 e. The molecule has 1 aromatic rings. The maximum atomic E-state index is 14.9. The number of aromatic hydroxyl groups is 1. The van der Waals surface area contributed by atoms with Crippen molar-refractivity contribution in [2.45, 2.75) is 92.5 Å². The number of Topliss-reactive ketones (excluding diaryl/α,β-unsaturated/α-hetero) is 3. The number of ether oxygens (including phenoxy) is 3. The molecule has 1 saturated heterocycles. The average molecular weight is 794 g/mol. The van der Waals surface area contributed by atoms with E-state index in [1.165, 1.54) is 46.3 Å². The van der Waals surface area contributed by atoms with E-state index in [1.807, 2.05) is 0 Å². The number of amides is 1. The van der Waals surface area contributed by atoms with E-state index in [0.717, 1.165) is 6.54 Å². The highest BCUT2D eigenvalue weighted by Crippen LogP contribution is 2.49. The van der Waals surface area contributed by atoms with Crippen molar-refractivity contribution in [3.8, 4) is 11.5 Å². The number of methoxy groups -OCH3 is 1. The lowest BCUT2D eigenvalue weighted by Gasteiger charge is -2.39. The number of hydrogen-bond donors (Lipinski definition) is 5. The van der Waals surface area contributed by atoms with Crippen LogP contribution in [-0.2, 0) is 14.3 Å². The minimum absolute atomic E-state index is 0.0299. The number of nitrogens with zero attached hydrogens (tertiary/aromatic N) is 2. The van der Waals surface area contributed by atoms with E-state index < -0.39 is 88.4 Å². The molecule has 9 atom stereocenters. The zero-order chi connectivity index (χ0) is 42.3. The van der Waals surface area contributed by atoms with Crippen LogP contribution in [0.1, 0.15) is 92.0 Å². The highest BCUT2D eigenvalue weighted by molar-refractivity contribution is 6.32. The first kappa shape index (κ1) is 43.8. The van der Waals surface area contributed by atoms with Crippen molar-refractivity contribution in [3.05, 3.63) is 69.8 Å². The fourth-order valence-electron chi connectivity index (χ4n) is 8.26. The highest BCUT2D eigenvalue weighted by atomic mass is 16.7. The number of ketones is 3. The summed E-state index contributed by atoms with van der Waals surface area (Å²) in [5, 5.41) is 48.0. The summed E-state index contributed by atoms with van der Waals surface area (Å²) in [6.07, 6.45) is 3.46. The Labute approximate surface area is 334 Å². The number of benzene rings is 1. The first-order valence-corrected chi connectivity index (χ1v) is 19.8. The van der Waals surface area contributed by atoms with Gasteiger partial charge in [0, 0.05) is 81.6 Å². The maximum Gasteiger partial charge on any atom is 0.312 e. The van der Waals surface area contributed by atoms with Crippen molar-refractivity contribution in [2.24, 2.45) is 29.6 Å². The van der Waals surface area contributed by atoms with E-state index in [4.69, 9.17) is 14.2 Å². The average Bonchev–Trinajstić information content (AvgIpc) is 3.44. The summed E-state index contributed by atoms with van der Waals surface area (Å²) in [5.74, 6) is -7.76. The molecule has 1 fully saturated rings. The number of aliphatic hydroxyl groups excluding tert-OH is 3. The molecule has 0 radical (unpaired) electrons. The van der Waals surface area contributed by atoms with E-state index in [2.05, 4.69) is 24.1 Å². The minimum Gasteiger partial charge on any atom is -0.507 e. The number of rotatable bonds is 4. The van der Waals surface area contributed by atoms with Gasteiger partial charge < -0.3 is 44.9 Å². The van der Waals surface area contributed by atoms with Gasteiger partial charge in [0.15, 0.2) is 0 Å². The summed E-state index contributed by atoms with van der Waals surface area (Å²) >= 11 is 0. The van der Waals surface area contributed by atoms with Crippen LogP contribution in [0.25, 0.3) is 0 Å². The predicted molar refractivity (Wildman–Crippen MR) is 211 cm³/mol. The van der Waals surface area contributed by atoms with E-state index >= 15 is 0 Å². The Morgan fingerprint density at radius 3 is 2.11 bits per heavy atom. The van der Waals surface area contributed by atoms with Gasteiger partial charge in [-0.15, -0.1) is 0 Å². The number of carbonyl (C=O) groups excluding carboxylic acids is 4. The normalized spacial score (nSPS) is 34.1. The Morgan fingerprint density at radius 1 is 0.877 bits per heavy atom. The van der Waals surface area contributed by atoms with Crippen molar-refractivity contribution in [1.29, 1.82) is 0 Å². The molecule has 6 rings (SSSR count). The molecule has 0 unspecified atom stereocenters. The molecule has 4 aliphatic heterocycles. The Kier molecular flexibility index (Phi) is 13.3. The maximum absolute atomic E-state index is 14.9. The second-order valence-electron chi connectivity index (χ2n) is 16.6. The molecule has 0 aromatic heterocycles. The number of carbonyl (C=O) groups is 4. The van der Waals surface area contributed by atoms with Crippen molar-refractivity contribution in [1.82, 2.24) is 15.1 Å². The van der Waals surface area contributed by atoms with E-state index in [-0.39, 0.29) is 39.4 Å². The van der Waals surface area contributed by atoms with E-state index in [1.54, 1.807) is 44.7 Å². The molecule has 1 amide bonds. The first-order valence-electron chi connectivity index (χ1n) is 19.8. The molecule has 0 saturated carbocycles. The second-order valence-corrected chi connectivity index (χ2v) is 16.6. The van der Waals surface area contributed by atoms with Gasteiger partial charge >= 0.3 is 5.79 Å². The van der Waals surface area contributed by atoms with Gasteiger partial charge in [-0.25, -0.2) is 0 Å². The lowest BCUT2D eigenvalue weighted by Crippen LogP contribution is -2.50. The van der Waals surface area contributed by atoms with Gasteiger partial charge in [-0.1, -0.05) is 59.8 Å². The van der Waals surface area contributed by atoms with E-state index in [9.17, 15) is 39.6 Å². The topological polar surface area (TPSA) is 195 Å². The van der Waals surface area contributed by atoms with Crippen LogP contribution in [0, 0.1) is 36.5 Å². The third-order valence-corrected chi connectivity index (χ3v) is 12.0. The number of aliphatic hydroxyl groups is 3. The van der Waals surface area contributed by atoms with Crippen LogP contribution in [0.3, 0.4) is 0 Å². The van der Waals surface area contributed by atoms with Crippen LogP contribution in [0.15, 0.2) is 47.5 Å². The molecular formula is C43H59N3O11. The van der Waals surface area contributed by atoms with Crippen LogP contribution in [0.4, 0.5) is 0 Å². The van der Waals surface area contributed by atoms with Gasteiger partial charge in [0.05, 0.1) is 47.4 Å². The standard InChI is InChI=1S/C43H59N3O11/c1-21(2)20-45-15-17-46(18-16-45)33-32-38(51)30-29(39(33)52)31-40(27(8)37(30)50)57-43(9,41(31)53)56-19-14-28(55-10)24(5)35(48)26(7)36(49)25(6)34(47)22(3)12-11-13-23(4)42(54)44-32/h11-14,19,21-22,24-26,28,34-36,47-50H,15-18,20H2,1-10H3,(H,44,54)/b12-11+,19-14+,23-13-/t22-,24+,25+,26-,28-,34-,35+,36+,43-/m0/s1. The number of allylic oxidation sites excluding steroid dienone is 4. The fourth-order valence-corrected chi connectivity index (χ4v) is 8.26. The number of phenols is 1. The largest absolute Gasteiger partial charge is 0.507 e. The van der Waals surface area contributed by atoms with Crippen LogP contribution in [0.5, 0.6) is 11.5 Å². The summed E-state index contributed by atoms with van der Waals surface area (Å²) in [6.45, 7) is 18.1. The van der Waals surface area contributed by atoms with Gasteiger partial charge in [0.2, 0.25) is 11.6 Å². The molecular weight excluding hydrogens is 734 g/mol. The van der Waals surface area contributed by atoms with Gasteiger partial charge in [0.1, 0.15) is 22.9 Å². The Balaban J connectivity index is 1.65. The zero-order valence-corrected chi connectivity index (χ0v) is 34.7. The quantitative estimate of drug-likeness (QED) is 0.297. The monoisotopic (exact) mass is 793 g/mol. The number of nitrogens with one attached hydrogen (secondary N) is 1. The summed E-state index contributed by atoms with van der Waals surface area (Å²) in [5.41, 5.74) is -1.17. The number of phenolic OH excluding ortho intramolecular Hbond substituents is 1. The van der Waals surface area contributed by atoms with E-state index in [0.29, 0.717) is 32.1 Å². The van der Waals surface area contributed by atoms with Gasteiger partial charge in [-0.05, 0) is 25.8 Å². The van der Waals surface area contributed by atoms with Crippen LogP contribution >= 0.6 is 0 Å². The molecule has 4 heterocycles. The molecule has 0 spiro atoms. The highest BCUT2D eigenvalue weighted by Gasteiger charge is 2.53. The van der Waals surface area contributed by atoms with Gasteiger partial charge in [-0.3, -0.25) is 24.1 Å². The van der Waals surface area contributed by atoms with Crippen molar-refractivity contribution >= 4 is 23.3 Å². The van der Waals surface area contributed by atoms with Crippen LogP contribution in [0.2, 0.25) is 0 Å². The second kappa shape index (κ2) is 17.3. The first-order chi connectivity index (χ1) is 26.7. The third kappa shape index (κ3) is 8.33. The summed E-state index contributed by atoms with van der Waals surface area (Å²) in [4.78, 5) is 61.6. The third-order valence-electron chi connectivity index (χ3n) is 12.0. The number of fused-ring (bicyclic) bond motifs is 14. The van der Waals surface area contributed by atoms with Crippen molar-refractivity contribution < 1.29 is 53.8 Å². The molecule has 5 bridgehead atoms. The molecule has 57 heavy (non-hydrogen) atoms. The fraction of sp³-hybridized carbons (Fsp3) is 0.581. The van der Waals surface area contributed by atoms with Crippen LogP contribution in [-0.4, -0.2) is 124 Å². The molecule has 5 aliphatic rings. The van der Waals surface area contributed by atoms with Crippen molar-refractivity contribution in [3.63, 3.8) is 0 Å². The summed E-state index contributed by atoms with van der Waals surface area (Å²) < 4.78 is 17.7. The number of hydrogen-bond acceptors (Lipinski definition) is 13. The Bertz CT molecular complexity index is 1890. The SMILES string of the molecule is CO[C@H]1/C=C/O[C@@]2(C)Oc3c(C)c(O)c4c(c3C2=O)C(=O)C(N2CCN(CC(C)C)CC2)=C(NC(=O)/C(C)=C\C=C\[C@H](C)[C@H](O)[C@@H](C)[C@@H](O)[C@@H](C)[C@H](O)[C@@H]1C)C4=O. The summed E-state index contributed by atoms with van der Waals surface area (Å²) in [7, 11) is 1.44. The lowest BCUT2D eigenvalue weighted by atomic mass is 9.78. The molecule has 1 aromatic carbocycles.